The van der Waals surface area contributed by atoms with Gasteiger partial charge in [-0.2, -0.15) is 0 Å². The second kappa shape index (κ2) is 10.6. The molecule has 2 heteroatoms. The quantitative estimate of drug-likeness (QED) is 0.186. The molecule has 0 atom stereocenters. The normalized spacial score (nSPS) is 13.4. The Morgan fingerprint density at radius 1 is 0.396 bits per heavy atom. The molecule has 1 heterocycles. The van der Waals surface area contributed by atoms with Gasteiger partial charge < -0.3 is 9.32 Å². The Balaban J connectivity index is 1.28. The summed E-state index contributed by atoms with van der Waals surface area (Å²) in [4.78, 5) is 2.47. The van der Waals surface area contributed by atoms with E-state index in [-0.39, 0.29) is 0 Å². The number of hydrogen-bond acceptors (Lipinski definition) is 2. The first-order valence-electron chi connectivity index (χ1n) is 18.4. The van der Waals surface area contributed by atoms with Gasteiger partial charge >= 0.3 is 0 Å². The maximum absolute atomic E-state index is 6.49. The second-order valence-electron chi connectivity index (χ2n) is 14.3. The Labute approximate surface area is 306 Å². The highest BCUT2D eigenvalue weighted by Crippen LogP contribution is 2.66. The third-order valence-electron chi connectivity index (χ3n) is 11.8. The maximum atomic E-state index is 6.49. The highest BCUT2D eigenvalue weighted by molar-refractivity contribution is 6.18. The van der Waals surface area contributed by atoms with Crippen LogP contribution >= 0.6 is 0 Å². The van der Waals surface area contributed by atoms with Crippen LogP contribution in [0.2, 0.25) is 0 Å². The van der Waals surface area contributed by atoms with Gasteiger partial charge in [0.15, 0.2) is 0 Å². The van der Waals surface area contributed by atoms with Crippen molar-refractivity contribution in [3.05, 3.63) is 210 Å². The van der Waals surface area contributed by atoms with E-state index in [1.54, 1.807) is 0 Å². The zero-order chi connectivity index (χ0) is 34.7. The van der Waals surface area contributed by atoms with Crippen molar-refractivity contribution in [2.75, 3.05) is 4.90 Å². The summed E-state index contributed by atoms with van der Waals surface area (Å²) in [5, 5.41) is 7.23. The molecule has 53 heavy (non-hydrogen) atoms. The molecule has 0 saturated carbocycles. The Kier molecular flexibility index (Phi) is 5.73. The van der Waals surface area contributed by atoms with Crippen LogP contribution in [-0.4, -0.2) is 0 Å². The van der Waals surface area contributed by atoms with Gasteiger partial charge in [-0.1, -0.05) is 152 Å². The average molecular weight is 674 g/mol. The first-order valence-corrected chi connectivity index (χ1v) is 18.4. The van der Waals surface area contributed by atoms with E-state index in [1.165, 1.54) is 66.1 Å². The van der Waals surface area contributed by atoms with Gasteiger partial charge in [0.05, 0.1) is 22.2 Å². The van der Waals surface area contributed by atoms with Crippen molar-refractivity contribution >= 4 is 60.5 Å². The summed E-state index contributed by atoms with van der Waals surface area (Å²) in [5.74, 6) is 0. The van der Waals surface area contributed by atoms with Gasteiger partial charge in [0.1, 0.15) is 11.2 Å². The van der Waals surface area contributed by atoms with Gasteiger partial charge in [0.2, 0.25) is 0 Å². The number of rotatable bonds is 3. The fourth-order valence-electron chi connectivity index (χ4n) is 9.87. The molecular formula is C51H31NO. The van der Waals surface area contributed by atoms with Crippen LogP contribution in [0.4, 0.5) is 17.1 Å². The molecule has 9 aromatic carbocycles. The van der Waals surface area contributed by atoms with Crippen molar-refractivity contribution in [2.24, 2.45) is 0 Å². The van der Waals surface area contributed by atoms with Crippen molar-refractivity contribution in [1.82, 2.24) is 0 Å². The SMILES string of the molecule is c1ccc(N(c2cc3c(c4ccccc24)-c2ccc4ccccc4c2C32c3ccccc3-c3ccccc32)c2cccc3oc4ccccc4c23)cc1. The molecule has 0 saturated heterocycles. The fourth-order valence-corrected chi connectivity index (χ4v) is 9.87. The Bertz CT molecular complexity index is 3090. The van der Waals surface area contributed by atoms with Gasteiger partial charge in [-0.25, -0.2) is 0 Å². The van der Waals surface area contributed by atoms with Gasteiger partial charge in [0.25, 0.3) is 0 Å². The molecule has 246 valence electrons. The number of para-hydroxylation sites is 2. The van der Waals surface area contributed by atoms with E-state index in [9.17, 15) is 0 Å². The summed E-state index contributed by atoms with van der Waals surface area (Å²) in [7, 11) is 0. The number of hydrogen-bond donors (Lipinski definition) is 0. The third-order valence-corrected chi connectivity index (χ3v) is 11.8. The van der Waals surface area contributed by atoms with E-state index in [0.29, 0.717) is 0 Å². The predicted molar refractivity (Wildman–Crippen MR) is 220 cm³/mol. The smallest absolute Gasteiger partial charge is 0.137 e. The number of anilines is 3. The van der Waals surface area contributed by atoms with E-state index < -0.39 is 5.41 Å². The van der Waals surface area contributed by atoms with Crippen LogP contribution in [0.3, 0.4) is 0 Å². The minimum Gasteiger partial charge on any atom is -0.456 e. The van der Waals surface area contributed by atoms with Crippen molar-refractivity contribution in [1.29, 1.82) is 0 Å². The molecule has 1 aromatic heterocycles. The summed E-state index contributed by atoms with van der Waals surface area (Å²) >= 11 is 0. The summed E-state index contributed by atoms with van der Waals surface area (Å²) in [6.45, 7) is 0. The standard InChI is InChI=1S/C51H31NO/c1-2-16-33(17-3-1)52(44-26-14-28-47-49(44)39-23-10-13-27-46(39)53-47)45-31-43-48(38-22-7-6-21-37(38)45)40-30-29-32-15-4-5-18-34(32)50(40)51(43)41-24-11-8-19-35(41)36-20-9-12-25-42(36)51/h1-31H. The molecule has 2 nitrogen and oxygen atoms in total. The molecule has 0 aliphatic heterocycles. The van der Waals surface area contributed by atoms with E-state index >= 15 is 0 Å². The molecular weight excluding hydrogens is 643 g/mol. The van der Waals surface area contributed by atoms with Crippen LogP contribution in [-0.2, 0) is 5.41 Å². The van der Waals surface area contributed by atoms with E-state index in [4.69, 9.17) is 4.42 Å². The fraction of sp³-hybridized carbons (Fsp3) is 0.0196. The van der Waals surface area contributed by atoms with Crippen LogP contribution in [0.25, 0.3) is 65.7 Å². The zero-order valence-electron chi connectivity index (χ0n) is 28.8. The lowest BCUT2D eigenvalue weighted by Crippen LogP contribution is -2.26. The number of furan rings is 1. The van der Waals surface area contributed by atoms with Gasteiger partial charge in [-0.05, 0) is 97.1 Å². The Hall–Kier alpha value is -6.90. The Morgan fingerprint density at radius 2 is 1.02 bits per heavy atom. The topological polar surface area (TPSA) is 16.4 Å². The molecule has 0 N–H and O–H groups in total. The molecule has 1 spiro atoms. The van der Waals surface area contributed by atoms with Gasteiger partial charge in [-0.3, -0.25) is 0 Å². The summed E-state index contributed by atoms with van der Waals surface area (Å²) in [5.41, 5.74) is 15.2. The van der Waals surface area contributed by atoms with Crippen LogP contribution < -0.4 is 4.90 Å². The first-order chi connectivity index (χ1) is 26.3. The second-order valence-corrected chi connectivity index (χ2v) is 14.3. The van der Waals surface area contributed by atoms with Crippen LogP contribution in [0.1, 0.15) is 22.3 Å². The Morgan fingerprint density at radius 3 is 1.81 bits per heavy atom. The molecule has 0 bridgehead atoms. The lowest BCUT2D eigenvalue weighted by molar-refractivity contribution is 0.669. The van der Waals surface area contributed by atoms with Crippen molar-refractivity contribution in [3.63, 3.8) is 0 Å². The van der Waals surface area contributed by atoms with Crippen LogP contribution in [0.5, 0.6) is 0 Å². The number of benzene rings is 9. The van der Waals surface area contributed by atoms with Crippen LogP contribution in [0.15, 0.2) is 192 Å². The highest BCUT2D eigenvalue weighted by Gasteiger charge is 2.53. The summed E-state index contributed by atoms with van der Waals surface area (Å²) < 4.78 is 6.49. The predicted octanol–water partition coefficient (Wildman–Crippen LogP) is 13.7. The molecule has 0 amide bonds. The largest absolute Gasteiger partial charge is 0.456 e. The lowest BCUT2D eigenvalue weighted by Gasteiger charge is -2.33. The van der Waals surface area contributed by atoms with Gasteiger partial charge in [-0.15, -0.1) is 0 Å². The zero-order valence-corrected chi connectivity index (χ0v) is 28.8. The monoisotopic (exact) mass is 673 g/mol. The number of fused-ring (bicyclic) bond motifs is 17. The van der Waals surface area contributed by atoms with E-state index in [1.807, 2.05) is 6.07 Å². The molecule has 0 radical (unpaired) electrons. The van der Waals surface area contributed by atoms with Crippen molar-refractivity contribution in [2.45, 2.75) is 5.41 Å². The van der Waals surface area contributed by atoms with Crippen LogP contribution in [0, 0.1) is 0 Å². The lowest BCUT2D eigenvalue weighted by atomic mass is 9.69. The molecule has 2 aliphatic rings. The summed E-state index contributed by atoms with van der Waals surface area (Å²) in [6, 6.07) is 69.0. The number of nitrogens with zero attached hydrogens (tertiary/aromatic N) is 1. The summed E-state index contributed by atoms with van der Waals surface area (Å²) in [6.07, 6.45) is 0. The minimum absolute atomic E-state index is 0.520. The maximum Gasteiger partial charge on any atom is 0.137 e. The van der Waals surface area contributed by atoms with E-state index in [2.05, 4.69) is 187 Å². The average Bonchev–Trinajstić information content (AvgIpc) is 3.86. The molecule has 0 fully saturated rings. The molecule has 2 aliphatic carbocycles. The van der Waals surface area contributed by atoms with Crippen molar-refractivity contribution in [3.8, 4) is 22.3 Å². The molecule has 10 aromatic rings. The highest BCUT2D eigenvalue weighted by atomic mass is 16.3. The minimum atomic E-state index is -0.520. The molecule has 0 unspecified atom stereocenters. The van der Waals surface area contributed by atoms with Gasteiger partial charge in [0, 0.05) is 16.5 Å². The molecule has 12 rings (SSSR count). The first kappa shape index (κ1) is 28.8. The van der Waals surface area contributed by atoms with E-state index in [0.717, 1.165) is 39.0 Å². The van der Waals surface area contributed by atoms with Crippen molar-refractivity contribution < 1.29 is 4.42 Å². The third kappa shape index (κ3) is 3.67.